The molecule has 1 amide bonds. The fourth-order valence-corrected chi connectivity index (χ4v) is 4.14. The average Bonchev–Trinajstić information content (AvgIpc) is 2.89. The van der Waals surface area contributed by atoms with Crippen molar-refractivity contribution in [1.82, 2.24) is 10.3 Å². The Labute approximate surface area is 141 Å². The summed E-state index contributed by atoms with van der Waals surface area (Å²) in [5, 5.41) is 7.50. The van der Waals surface area contributed by atoms with Gasteiger partial charge in [-0.1, -0.05) is 12.1 Å². The molecule has 2 N–H and O–H groups in total. The molecule has 1 saturated heterocycles. The maximum Gasteiger partial charge on any atom is 0.221 e. The van der Waals surface area contributed by atoms with Crippen molar-refractivity contribution >= 4 is 22.9 Å². The number of hydrogen-bond donors (Lipinski definition) is 2. The number of benzene rings is 1. The lowest BCUT2D eigenvalue weighted by Crippen LogP contribution is -2.30. The highest BCUT2D eigenvalue weighted by Gasteiger charge is 2.17. The van der Waals surface area contributed by atoms with E-state index in [9.17, 15) is 4.79 Å². The van der Waals surface area contributed by atoms with Crippen LogP contribution in [0.3, 0.4) is 0 Å². The number of nitrogens with zero attached hydrogens (tertiary/aromatic N) is 1. The summed E-state index contributed by atoms with van der Waals surface area (Å²) in [5.74, 6) is 0.662. The van der Waals surface area contributed by atoms with Crippen molar-refractivity contribution in [2.75, 3.05) is 18.4 Å². The summed E-state index contributed by atoms with van der Waals surface area (Å²) in [6.45, 7) is 5.92. The van der Waals surface area contributed by atoms with Crippen LogP contribution >= 0.6 is 11.3 Å². The largest absolute Gasteiger partial charge is 0.326 e. The Hall–Kier alpha value is -1.72. The van der Waals surface area contributed by atoms with Gasteiger partial charge in [-0.25, -0.2) is 4.98 Å². The summed E-state index contributed by atoms with van der Waals surface area (Å²) < 4.78 is 0. The second-order valence-electron chi connectivity index (χ2n) is 6.19. The van der Waals surface area contributed by atoms with E-state index in [1.54, 1.807) is 0 Å². The Morgan fingerprint density at radius 2 is 2.17 bits per heavy atom. The van der Waals surface area contributed by atoms with Crippen molar-refractivity contribution in [3.63, 3.8) is 0 Å². The van der Waals surface area contributed by atoms with Crippen LogP contribution < -0.4 is 10.6 Å². The van der Waals surface area contributed by atoms with Gasteiger partial charge in [-0.2, -0.15) is 0 Å². The first-order valence-corrected chi connectivity index (χ1v) is 8.98. The molecule has 122 valence electrons. The van der Waals surface area contributed by atoms with Crippen LogP contribution in [0.4, 0.5) is 5.69 Å². The third kappa shape index (κ3) is 4.18. The minimum Gasteiger partial charge on any atom is -0.326 e. The first-order valence-electron chi connectivity index (χ1n) is 8.17. The molecule has 0 spiro atoms. The number of aryl methyl sites for hydroxylation is 1. The number of aromatic nitrogens is 1. The predicted molar refractivity (Wildman–Crippen MR) is 95.9 cm³/mol. The summed E-state index contributed by atoms with van der Waals surface area (Å²) in [5.41, 5.74) is 3.01. The molecule has 2 heterocycles. The van der Waals surface area contributed by atoms with Gasteiger partial charge in [-0.15, -0.1) is 11.3 Å². The molecule has 1 aliphatic heterocycles. The van der Waals surface area contributed by atoms with E-state index in [4.69, 9.17) is 4.98 Å². The third-order valence-electron chi connectivity index (χ3n) is 4.18. The lowest BCUT2D eigenvalue weighted by Gasteiger charge is -2.21. The quantitative estimate of drug-likeness (QED) is 0.901. The number of carbonyl (C=O) groups excluding carboxylic acids is 1. The lowest BCUT2D eigenvalue weighted by molar-refractivity contribution is -0.114. The molecule has 3 rings (SSSR count). The molecule has 1 aliphatic rings. The number of thiazole rings is 1. The highest BCUT2D eigenvalue weighted by atomic mass is 32.1. The number of rotatable bonds is 4. The van der Waals surface area contributed by atoms with Crippen molar-refractivity contribution in [3.8, 4) is 11.3 Å². The van der Waals surface area contributed by atoms with Crippen LogP contribution in [0.2, 0.25) is 0 Å². The van der Waals surface area contributed by atoms with E-state index in [2.05, 4.69) is 17.6 Å². The molecule has 1 aromatic carbocycles. The molecule has 5 heteroatoms. The van der Waals surface area contributed by atoms with Crippen molar-refractivity contribution in [2.24, 2.45) is 5.92 Å². The van der Waals surface area contributed by atoms with Gasteiger partial charge in [0, 0.05) is 29.5 Å². The Morgan fingerprint density at radius 3 is 2.83 bits per heavy atom. The van der Waals surface area contributed by atoms with Gasteiger partial charge in [0.05, 0.1) is 10.7 Å². The number of hydrogen-bond acceptors (Lipinski definition) is 4. The van der Waals surface area contributed by atoms with Gasteiger partial charge in [-0.05, 0) is 50.9 Å². The molecule has 4 nitrogen and oxygen atoms in total. The van der Waals surface area contributed by atoms with E-state index in [1.165, 1.54) is 29.7 Å². The number of amides is 1. The van der Waals surface area contributed by atoms with Crippen molar-refractivity contribution in [2.45, 2.75) is 33.1 Å². The molecular formula is C18H23N3OS. The predicted octanol–water partition coefficient (Wildman–Crippen LogP) is 3.62. The number of anilines is 1. The normalized spacial score (nSPS) is 17.9. The Morgan fingerprint density at radius 1 is 1.39 bits per heavy atom. The maximum atomic E-state index is 11.1. The van der Waals surface area contributed by atoms with E-state index in [0.717, 1.165) is 36.5 Å². The molecule has 1 unspecified atom stereocenters. The van der Waals surface area contributed by atoms with Crippen molar-refractivity contribution < 1.29 is 4.79 Å². The lowest BCUT2D eigenvalue weighted by atomic mass is 9.97. The van der Waals surface area contributed by atoms with Gasteiger partial charge in [0.25, 0.3) is 0 Å². The maximum absolute atomic E-state index is 11.1. The molecule has 23 heavy (non-hydrogen) atoms. The van der Waals surface area contributed by atoms with E-state index in [0.29, 0.717) is 5.92 Å². The molecule has 0 bridgehead atoms. The number of nitrogens with one attached hydrogen (secondary N) is 2. The summed E-state index contributed by atoms with van der Waals surface area (Å²) in [6.07, 6.45) is 3.64. The monoisotopic (exact) mass is 329 g/mol. The van der Waals surface area contributed by atoms with E-state index < -0.39 is 0 Å². The van der Waals surface area contributed by atoms with Crippen molar-refractivity contribution in [3.05, 3.63) is 34.2 Å². The van der Waals surface area contributed by atoms with Gasteiger partial charge in [0.1, 0.15) is 0 Å². The summed E-state index contributed by atoms with van der Waals surface area (Å²) >= 11 is 1.81. The SMILES string of the molecule is CC(=O)Nc1ccc(-c2nc(CC3CCCNC3)sc2C)cc1. The summed E-state index contributed by atoms with van der Waals surface area (Å²) in [6, 6.07) is 7.92. The van der Waals surface area contributed by atoms with Gasteiger partial charge in [0.15, 0.2) is 0 Å². The molecular weight excluding hydrogens is 306 g/mol. The second kappa shape index (κ2) is 7.23. The van der Waals surface area contributed by atoms with Crippen LogP contribution in [0.5, 0.6) is 0 Å². The van der Waals surface area contributed by atoms with E-state index >= 15 is 0 Å². The first-order chi connectivity index (χ1) is 11.1. The molecule has 1 fully saturated rings. The zero-order valence-corrected chi connectivity index (χ0v) is 14.5. The molecule has 1 atom stereocenters. The van der Waals surface area contributed by atoms with Gasteiger partial charge in [0.2, 0.25) is 5.91 Å². The van der Waals surface area contributed by atoms with Gasteiger partial charge >= 0.3 is 0 Å². The second-order valence-corrected chi connectivity index (χ2v) is 7.48. The topological polar surface area (TPSA) is 54.0 Å². The van der Waals surface area contributed by atoms with E-state index in [1.807, 2.05) is 35.6 Å². The number of carbonyl (C=O) groups is 1. The highest BCUT2D eigenvalue weighted by Crippen LogP contribution is 2.30. The zero-order valence-electron chi connectivity index (χ0n) is 13.7. The van der Waals surface area contributed by atoms with Gasteiger partial charge in [-0.3, -0.25) is 4.79 Å². The average molecular weight is 329 g/mol. The minimum atomic E-state index is -0.0500. The van der Waals surface area contributed by atoms with E-state index in [-0.39, 0.29) is 5.91 Å². The van der Waals surface area contributed by atoms with Crippen LogP contribution in [0.25, 0.3) is 11.3 Å². The Kier molecular flexibility index (Phi) is 5.08. The molecule has 0 saturated carbocycles. The van der Waals surface area contributed by atoms with Crippen LogP contribution in [-0.2, 0) is 11.2 Å². The molecule has 0 radical (unpaired) electrons. The molecule has 0 aliphatic carbocycles. The summed E-state index contributed by atoms with van der Waals surface area (Å²) in [7, 11) is 0. The Balaban J connectivity index is 1.73. The standard InChI is InChI=1S/C18H23N3OS/c1-12-18(15-5-7-16(8-6-15)20-13(2)22)21-17(23-12)10-14-4-3-9-19-11-14/h5-8,14,19H,3-4,9-11H2,1-2H3,(H,20,22). The van der Waals surface area contributed by atoms with Crippen molar-refractivity contribution in [1.29, 1.82) is 0 Å². The molecule has 1 aromatic heterocycles. The fourth-order valence-electron chi connectivity index (χ4n) is 3.07. The van der Waals surface area contributed by atoms with Crippen LogP contribution in [-0.4, -0.2) is 24.0 Å². The van der Waals surface area contributed by atoms with Crippen LogP contribution in [0.15, 0.2) is 24.3 Å². The minimum absolute atomic E-state index is 0.0500. The Bertz CT molecular complexity index is 672. The van der Waals surface area contributed by atoms with Crippen LogP contribution in [0.1, 0.15) is 29.7 Å². The van der Waals surface area contributed by atoms with Crippen LogP contribution in [0, 0.1) is 12.8 Å². The first kappa shape index (κ1) is 16.1. The smallest absolute Gasteiger partial charge is 0.221 e. The third-order valence-corrected chi connectivity index (χ3v) is 5.17. The zero-order chi connectivity index (χ0) is 16.2. The molecule has 2 aromatic rings. The fraction of sp³-hybridized carbons (Fsp3) is 0.444. The highest BCUT2D eigenvalue weighted by molar-refractivity contribution is 7.12. The number of piperidine rings is 1. The summed E-state index contributed by atoms with van der Waals surface area (Å²) in [4.78, 5) is 17.2. The van der Waals surface area contributed by atoms with Gasteiger partial charge < -0.3 is 10.6 Å².